The van der Waals surface area contributed by atoms with Gasteiger partial charge in [-0.1, -0.05) is 23.2 Å². The maximum absolute atomic E-state index is 12.4. The fourth-order valence-corrected chi connectivity index (χ4v) is 2.69. The molecule has 0 radical (unpaired) electrons. The SMILES string of the molecule is COc1cc(C(=O)c2ccc(Cl)cc2Br)ccc1Cl. The first-order valence-electron chi connectivity index (χ1n) is 5.36. The Labute approximate surface area is 129 Å². The molecule has 0 aromatic heterocycles. The van der Waals surface area contributed by atoms with Crippen LogP contribution in [0.1, 0.15) is 15.9 Å². The molecule has 2 nitrogen and oxygen atoms in total. The van der Waals surface area contributed by atoms with Crippen molar-refractivity contribution in [3.63, 3.8) is 0 Å². The van der Waals surface area contributed by atoms with Gasteiger partial charge in [0.15, 0.2) is 5.78 Å². The number of ketones is 1. The highest BCUT2D eigenvalue weighted by molar-refractivity contribution is 9.10. The number of methoxy groups -OCH3 is 1. The second kappa shape index (κ2) is 5.95. The lowest BCUT2D eigenvalue weighted by Crippen LogP contribution is -2.02. The Bertz CT molecular complexity index is 641. The van der Waals surface area contributed by atoms with Gasteiger partial charge >= 0.3 is 0 Å². The molecule has 0 aliphatic heterocycles. The van der Waals surface area contributed by atoms with Crippen LogP contribution < -0.4 is 4.74 Å². The molecule has 0 amide bonds. The van der Waals surface area contributed by atoms with Crippen LogP contribution in [0.4, 0.5) is 0 Å². The zero-order valence-corrected chi connectivity index (χ0v) is 13.0. The van der Waals surface area contributed by atoms with Gasteiger partial charge in [0.1, 0.15) is 5.75 Å². The number of hydrogen-bond acceptors (Lipinski definition) is 2. The highest BCUT2D eigenvalue weighted by atomic mass is 79.9. The smallest absolute Gasteiger partial charge is 0.194 e. The number of hydrogen-bond donors (Lipinski definition) is 0. The van der Waals surface area contributed by atoms with Crippen LogP contribution in [0.15, 0.2) is 40.9 Å². The van der Waals surface area contributed by atoms with Gasteiger partial charge in [-0.05, 0) is 52.3 Å². The molecule has 0 saturated carbocycles. The van der Waals surface area contributed by atoms with Crippen LogP contribution in [-0.4, -0.2) is 12.9 Å². The summed E-state index contributed by atoms with van der Waals surface area (Å²) in [5.41, 5.74) is 1.04. The largest absolute Gasteiger partial charge is 0.495 e. The number of benzene rings is 2. The highest BCUT2D eigenvalue weighted by Gasteiger charge is 2.14. The van der Waals surface area contributed by atoms with Crippen molar-refractivity contribution in [1.29, 1.82) is 0 Å². The van der Waals surface area contributed by atoms with Gasteiger partial charge in [0.25, 0.3) is 0 Å². The van der Waals surface area contributed by atoms with Gasteiger partial charge in [-0.25, -0.2) is 0 Å². The first-order valence-corrected chi connectivity index (χ1v) is 6.91. The number of halogens is 3. The van der Waals surface area contributed by atoms with Crippen molar-refractivity contribution < 1.29 is 9.53 Å². The van der Waals surface area contributed by atoms with Crippen LogP contribution in [0, 0.1) is 0 Å². The van der Waals surface area contributed by atoms with Crippen molar-refractivity contribution in [1.82, 2.24) is 0 Å². The fraction of sp³-hybridized carbons (Fsp3) is 0.0714. The quantitative estimate of drug-likeness (QED) is 0.721. The van der Waals surface area contributed by atoms with Crippen molar-refractivity contribution in [2.45, 2.75) is 0 Å². The molecular weight excluding hydrogens is 351 g/mol. The third-order valence-corrected chi connectivity index (χ3v) is 3.79. The Morgan fingerprint density at radius 3 is 2.53 bits per heavy atom. The number of rotatable bonds is 3. The molecule has 0 unspecified atom stereocenters. The van der Waals surface area contributed by atoms with Crippen molar-refractivity contribution in [3.8, 4) is 5.75 Å². The Balaban J connectivity index is 2.44. The van der Waals surface area contributed by atoms with Crippen LogP contribution in [0.3, 0.4) is 0 Å². The Morgan fingerprint density at radius 2 is 1.89 bits per heavy atom. The first kappa shape index (κ1) is 14.4. The summed E-state index contributed by atoms with van der Waals surface area (Å²) in [6.07, 6.45) is 0. The molecule has 2 rings (SSSR count). The molecule has 0 N–H and O–H groups in total. The van der Waals surface area contributed by atoms with Gasteiger partial charge in [-0.2, -0.15) is 0 Å². The van der Waals surface area contributed by atoms with E-state index in [0.717, 1.165) is 0 Å². The summed E-state index contributed by atoms with van der Waals surface area (Å²) >= 11 is 15.1. The zero-order valence-electron chi connectivity index (χ0n) is 9.91. The van der Waals surface area contributed by atoms with Crippen LogP contribution in [-0.2, 0) is 0 Å². The van der Waals surface area contributed by atoms with E-state index < -0.39 is 0 Å². The molecule has 0 aliphatic rings. The molecule has 2 aromatic rings. The van der Waals surface area contributed by atoms with Gasteiger partial charge in [0.05, 0.1) is 12.1 Å². The maximum Gasteiger partial charge on any atom is 0.194 e. The maximum atomic E-state index is 12.4. The molecule has 0 heterocycles. The number of carbonyl (C=O) groups excluding carboxylic acids is 1. The van der Waals surface area contributed by atoms with E-state index in [9.17, 15) is 4.79 Å². The normalized spacial score (nSPS) is 10.3. The van der Waals surface area contributed by atoms with Gasteiger partial charge in [-0.15, -0.1) is 0 Å². The first-order chi connectivity index (χ1) is 9.02. The van der Waals surface area contributed by atoms with E-state index in [1.165, 1.54) is 7.11 Å². The van der Waals surface area contributed by atoms with E-state index in [0.29, 0.717) is 31.4 Å². The van der Waals surface area contributed by atoms with E-state index >= 15 is 0 Å². The lowest BCUT2D eigenvalue weighted by molar-refractivity contribution is 0.103. The van der Waals surface area contributed by atoms with Crippen molar-refractivity contribution in [2.75, 3.05) is 7.11 Å². The molecule has 0 spiro atoms. The minimum absolute atomic E-state index is 0.126. The van der Waals surface area contributed by atoms with Crippen molar-refractivity contribution in [3.05, 3.63) is 62.0 Å². The Kier molecular flexibility index (Phi) is 4.50. The van der Waals surface area contributed by atoms with E-state index in [1.54, 1.807) is 36.4 Å². The van der Waals surface area contributed by atoms with Gasteiger partial charge in [-0.3, -0.25) is 4.79 Å². The average molecular weight is 360 g/mol. The van der Waals surface area contributed by atoms with E-state index in [-0.39, 0.29) is 5.78 Å². The fourth-order valence-electron chi connectivity index (χ4n) is 1.63. The molecule has 2 aromatic carbocycles. The summed E-state index contributed by atoms with van der Waals surface area (Å²) in [7, 11) is 1.51. The van der Waals surface area contributed by atoms with Crippen LogP contribution >= 0.6 is 39.1 Å². The van der Waals surface area contributed by atoms with E-state index in [1.807, 2.05) is 0 Å². The summed E-state index contributed by atoms with van der Waals surface area (Å²) in [4.78, 5) is 12.4. The lowest BCUT2D eigenvalue weighted by Gasteiger charge is -2.07. The van der Waals surface area contributed by atoms with Crippen molar-refractivity contribution >= 4 is 44.9 Å². The van der Waals surface area contributed by atoms with Crippen LogP contribution in [0.2, 0.25) is 10.0 Å². The van der Waals surface area contributed by atoms with E-state index in [2.05, 4.69) is 15.9 Å². The molecular formula is C14H9BrCl2O2. The third kappa shape index (κ3) is 3.11. The van der Waals surface area contributed by atoms with Gasteiger partial charge in [0, 0.05) is 20.6 Å². The molecule has 0 aliphatic carbocycles. The average Bonchev–Trinajstić information content (AvgIpc) is 2.38. The minimum Gasteiger partial charge on any atom is -0.495 e. The molecule has 0 saturated heterocycles. The Hall–Kier alpha value is -1.03. The van der Waals surface area contributed by atoms with Gasteiger partial charge < -0.3 is 4.74 Å². The molecule has 19 heavy (non-hydrogen) atoms. The van der Waals surface area contributed by atoms with Gasteiger partial charge in [0.2, 0.25) is 0 Å². The predicted molar refractivity (Wildman–Crippen MR) is 80.6 cm³/mol. The number of carbonyl (C=O) groups is 1. The number of ether oxygens (including phenoxy) is 1. The summed E-state index contributed by atoms with van der Waals surface area (Å²) in [6, 6.07) is 9.95. The molecule has 0 fully saturated rings. The van der Waals surface area contributed by atoms with Crippen LogP contribution in [0.25, 0.3) is 0 Å². The predicted octanol–water partition coefficient (Wildman–Crippen LogP) is 5.00. The topological polar surface area (TPSA) is 26.3 Å². The summed E-state index contributed by atoms with van der Waals surface area (Å²) in [5.74, 6) is 0.344. The lowest BCUT2D eigenvalue weighted by atomic mass is 10.0. The minimum atomic E-state index is -0.126. The molecule has 5 heteroatoms. The van der Waals surface area contributed by atoms with Crippen molar-refractivity contribution in [2.24, 2.45) is 0 Å². The molecule has 0 bridgehead atoms. The second-order valence-electron chi connectivity index (χ2n) is 3.80. The summed E-state index contributed by atoms with van der Waals surface area (Å²) in [5, 5.41) is 1.03. The summed E-state index contributed by atoms with van der Waals surface area (Å²) in [6.45, 7) is 0. The van der Waals surface area contributed by atoms with Crippen LogP contribution in [0.5, 0.6) is 5.75 Å². The highest BCUT2D eigenvalue weighted by Crippen LogP contribution is 2.28. The third-order valence-electron chi connectivity index (χ3n) is 2.59. The second-order valence-corrected chi connectivity index (χ2v) is 5.50. The monoisotopic (exact) mass is 358 g/mol. The zero-order chi connectivity index (χ0) is 14.0. The molecule has 0 atom stereocenters. The standard InChI is InChI=1S/C14H9BrCl2O2/c1-19-13-6-8(2-5-12(13)17)14(18)10-4-3-9(16)7-11(10)15/h2-7H,1H3. The van der Waals surface area contributed by atoms with E-state index in [4.69, 9.17) is 27.9 Å². The Morgan fingerprint density at radius 1 is 1.16 bits per heavy atom. The summed E-state index contributed by atoms with van der Waals surface area (Å²) < 4.78 is 5.76. The molecule has 98 valence electrons.